The van der Waals surface area contributed by atoms with E-state index in [4.69, 9.17) is 0 Å². The molecule has 0 aliphatic rings. The third kappa shape index (κ3) is 3.82. The summed E-state index contributed by atoms with van der Waals surface area (Å²) in [4.78, 5) is 0.389. The fourth-order valence-electron chi connectivity index (χ4n) is 3.26. The monoisotopic (exact) mass is 331 g/mol. The molecule has 3 nitrogen and oxygen atoms in total. The van der Waals surface area contributed by atoms with Crippen molar-refractivity contribution in [3.63, 3.8) is 0 Å². The fourth-order valence-corrected chi connectivity index (χ4v) is 4.93. The molecule has 23 heavy (non-hydrogen) atoms. The van der Waals surface area contributed by atoms with Gasteiger partial charge in [0.05, 0.1) is 4.90 Å². The van der Waals surface area contributed by atoms with E-state index in [0.717, 1.165) is 27.8 Å². The molecule has 0 radical (unpaired) electrons. The summed E-state index contributed by atoms with van der Waals surface area (Å²) < 4.78 is 28.5. The number of aryl methyl sites for hydroxylation is 5. The van der Waals surface area contributed by atoms with E-state index in [1.807, 2.05) is 65.8 Å². The SMILES string of the molecule is Cc1ccc([C@H](C)NS(=O)(=O)c2c(C)cc(C)cc2C)c(C)c1. The molecule has 0 heterocycles. The van der Waals surface area contributed by atoms with Gasteiger partial charge in [0.15, 0.2) is 0 Å². The molecule has 2 aromatic carbocycles. The van der Waals surface area contributed by atoms with E-state index in [0.29, 0.717) is 4.90 Å². The predicted octanol–water partition coefficient (Wildman–Crippen LogP) is 4.27. The average molecular weight is 331 g/mol. The number of rotatable bonds is 4. The van der Waals surface area contributed by atoms with Gasteiger partial charge < -0.3 is 0 Å². The van der Waals surface area contributed by atoms with E-state index in [2.05, 4.69) is 10.8 Å². The minimum atomic E-state index is -3.56. The van der Waals surface area contributed by atoms with Gasteiger partial charge >= 0.3 is 0 Å². The predicted molar refractivity (Wildman–Crippen MR) is 95.3 cm³/mol. The summed E-state index contributed by atoms with van der Waals surface area (Å²) >= 11 is 0. The number of sulfonamides is 1. The normalized spacial score (nSPS) is 13.1. The highest BCUT2D eigenvalue weighted by molar-refractivity contribution is 7.89. The van der Waals surface area contributed by atoms with E-state index in [-0.39, 0.29) is 6.04 Å². The largest absolute Gasteiger partial charge is 0.241 e. The Hall–Kier alpha value is -1.65. The standard InChI is InChI=1S/C19H25NO2S/c1-12-7-8-18(14(3)9-12)17(6)20-23(21,22)19-15(4)10-13(2)11-16(19)5/h7-11,17,20H,1-6H3/t17-/m0/s1. The third-order valence-corrected chi connectivity index (χ3v) is 5.94. The molecule has 1 atom stereocenters. The molecular formula is C19H25NO2S. The van der Waals surface area contributed by atoms with Crippen LogP contribution in [-0.4, -0.2) is 8.42 Å². The fraction of sp³-hybridized carbons (Fsp3) is 0.368. The first kappa shape index (κ1) is 17.7. The van der Waals surface area contributed by atoms with Crippen molar-refractivity contribution in [3.8, 4) is 0 Å². The van der Waals surface area contributed by atoms with Crippen LogP contribution in [0.1, 0.15) is 46.3 Å². The molecule has 2 aromatic rings. The third-order valence-electron chi connectivity index (χ3n) is 4.10. The smallest absolute Gasteiger partial charge is 0.207 e. The van der Waals surface area contributed by atoms with E-state index >= 15 is 0 Å². The Morgan fingerprint density at radius 3 is 1.87 bits per heavy atom. The van der Waals surface area contributed by atoms with Gasteiger partial charge in [-0.2, -0.15) is 0 Å². The maximum atomic E-state index is 12.8. The molecule has 4 heteroatoms. The molecule has 0 aliphatic carbocycles. The quantitative estimate of drug-likeness (QED) is 0.909. The van der Waals surface area contributed by atoms with Gasteiger partial charge in [-0.15, -0.1) is 0 Å². The maximum absolute atomic E-state index is 12.8. The summed E-state index contributed by atoms with van der Waals surface area (Å²) in [7, 11) is -3.56. The lowest BCUT2D eigenvalue weighted by molar-refractivity contribution is 0.565. The highest BCUT2D eigenvalue weighted by Crippen LogP contribution is 2.25. The zero-order valence-corrected chi connectivity index (χ0v) is 15.5. The van der Waals surface area contributed by atoms with Crippen LogP contribution in [0.5, 0.6) is 0 Å². The minimum Gasteiger partial charge on any atom is -0.207 e. The molecule has 0 aromatic heterocycles. The van der Waals surface area contributed by atoms with Gasteiger partial charge in [-0.05, 0) is 63.8 Å². The first-order valence-corrected chi connectivity index (χ1v) is 9.27. The topological polar surface area (TPSA) is 46.2 Å². The number of benzene rings is 2. The molecular weight excluding hydrogens is 306 g/mol. The van der Waals surface area contributed by atoms with Gasteiger partial charge in [0.25, 0.3) is 0 Å². The Morgan fingerprint density at radius 2 is 1.35 bits per heavy atom. The van der Waals surface area contributed by atoms with Crippen LogP contribution in [0.15, 0.2) is 35.2 Å². The van der Waals surface area contributed by atoms with Crippen molar-refractivity contribution in [2.24, 2.45) is 0 Å². The molecule has 0 aliphatic heterocycles. The zero-order valence-electron chi connectivity index (χ0n) is 14.7. The Morgan fingerprint density at radius 1 is 0.826 bits per heavy atom. The molecule has 0 amide bonds. The number of hydrogen-bond acceptors (Lipinski definition) is 2. The van der Waals surface area contributed by atoms with Gasteiger partial charge in [-0.1, -0.05) is 41.5 Å². The number of nitrogens with one attached hydrogen (secondary N) is 1. The Balaban J connectivity index is 2.38. The van der Waals surface area contributed by atoms with E-state index in [1.165, 1.54) is 5.56 Å². The first-order chi connectivity index (χ1) is 10.6. The molecule has 124 valence electrons. The van der Waals surface area contributed by atoms with Crippen molar-refractivity contribution in [1.82, 2.24) is 4.72 Å². The lowest BCUT2D eigenvalue weighted by Gasteiger charge is -2.19. The van der Waals surface area contributed by atoms with Gasteiger partial charge in [0, 0.05) is 6.04 Å². The van der Waals surface area contributed by atoms with Crippen molar-refractivity contribution in [1.29, 1.82) is 0 Å². The van der Waals surface area contributed by atoms with Crippen LogP contribution in [0.3, 0.4) is 0 Å². The summed E-state index contributed by atoms with van der Waals surface area (Å²) in [6, 6.07) is 9.61. The van der Waals surface area contributed by atoms with Crippen LogP contribution in [0.2, 0.25) is 0 Å². The van der Waals surface area contributed by atoms with Crippen LogP contribution in [0.4, 0.5) is 0 Å². The van der Waals surface area contributed by atoms with Crippen molar-refractivity contribution in [2.45, 2.75) is 52.5 Å². The van der Waals surface area contributed by atoms with Crippen molar-refractivity contribution in [3.05, 3.63) is 63.7 Å². The maximum Gasteiger partial charge on any atom is 0.241 e. The lowest BCUT2D eigenvalue weighted by atomic mass is 10.0. The highest BCUT2D eigenvalue weighted by Gasteiger charge is 2.23. The summed E-state index contributed by atoms with van der Waals surface area (Å²) in [6.07, 6.45) is 0. The second-order valence-corrected chi connectivity index (χ2v) is 8.08. The highest BCUT2D eigenvalue weighted by atomic mass is 32.2. The molecule has 0 saturated heterocycles. The zero-order chi connectivity index (χ0) is 17.4. The lowest BCUT2D eigenvalue weighted by Crippen LogP contribution is -2.28. The molecule has 0 spiro atoms. The van der Waals surface area contributed by atoms with Crippen molar-refractivity contribution < 1.29 is 8.42 Å². The van der Waals surface area contributed by atoms with Crippen LogP contribution in [-0.2, 0) is 10.0 Å². The summed E-state index contributed by atoms with van der Waals surface area (Å²) in [6.45, 7) is 11.6. The van der Waals surface area contributed by atoms with Gasteiger partial charge in [-0.25, -0.2) is 13.1 Å². The summed E-state index contributed by atoms with van der Waals surface area (Å²) in [5.41, 5.74) is 5.90. The second-order valence-electron chi connectivity index (χ2n) is 6.43. The molecule has 0 unspecified atom stereocenters. The van der Waals surface area contributed by atoms with Crippen LogP contribution < -0.4 is 4.72 Å². The summed E-state index contributed by atoms with van der Waals surface area (Å²) in [5.74, 6) is 0. The first-order valence-electron chi connectivity index (χ1n) is 7.79. The van der Waals surface area contributed by atoms with Crippen LogP contribution in [0, 0.1) is 34.6 Å². The molecule has 0 bridgehead atoms. The molecule has 2 rings (SSSR count). The van der Waals surface area contributed by atoms with Crippen LogP contribution in [0.25, 0.3) is 0 Å². The Kier molecular flexibility index (Phi) is 4.97. The molecule has 0 fully saturated rings. The van der Waals surface area contributed by atoms with E-state index < -0.39 is 10.0 Å². The minimum absolute atomic E-state index is 0.277. The average Bonchev–Trinajstić information content (AvgIpc) is 2.35. The summed E-state index contributed by atoms with van der Waals surface area (Å²) in [5, 5.41) is 0. The van der Waals surface area contributed by atoms with Gasteiger partial charge in [0.1, 0.15) is 0 Å². The van der Waals surface area contributed by atoms with Crippen LogP contribution >= 0.6 is 0 Å². The Bertz CT molecular complexity index is 815. The van der Waals surface area contributed by atoms with E-state index in [9.17, 15) is 8.42 Å². The van der Waals surface area contributed by atoms with Gasteiger partial charge in [-0.3, -0.25) is 0 Å². The number of hydrogen-bond donors (Lipinski definition) is 1. The van der Waals surface area contributed by atoms with Crippen molar-refractivity contribution >= 4 is 10.0 Å². The van der Waals surface area contributed by atoms with Gasteiger partial charge in [0.2, 0.25) is 10.0 Å². The Labute approximate surface area is 139 Å². The van der Waals surface area contributed by atoms with Crippen molar-refractivity contribution in [2.75, 3.05) is 0 Å². The molecule has 1 N–H and O–H groups in total. The molecule has 0 saturated carbocycles. The second kappa shape index (κ2) is 6.46. The van der Waals surface area contributed by atoms with E-state index in [1.54, 1.807) is 0 Å².